The molecule has 1 aliphatic heterocycles. The first kappa shape index (κ1) is 10.3. The number of hydrogen-bond acceptors (Lipinski definition) is 3. The van der Waals surface area contributed by atoms with Gasteiger partial charge in [-0.1, -0.05) is 0 Å². The van der Waals surface area contributed by atoms with Gasteiger partial charge in [-0.05, 0) is 27.7 Å². The molecular weight excluding hydrogens is 168 g/mol. The summed E-state index contributed by atoms with van der Waals surface area (Å²) in [7, 11) is 0. The van der Waals surface area contributed by atoms with Gasteiger partial charge in [0.2, 0.25) is 0 Å². The highest BCUT2D eigenvalue weighted by Gasteiger charge is 2.29. The Morgan fingerprint density at radius 1 is 1.54 bits per heavy atom. The minimum absolute atomic E-state index is 0.217. The lowest BCUT2D eigenvalue weighted by Crippen LogP contribution is -2.63. The minimum atomic E-state index is -0.412. The summed E-state index contributed by atoms with van der Waals surface area (Å²) in [6, 6.07) is 0.572. The number of alkyl carbamates (subject to hydrolysis) is 1. The lowest BCUT2D eigenvalue weighted by Gasteiger charge is -2.36. The van der Waals surface area contributed by atoms with Gasteiger partial charge in [0, 0.05) is 12.6 Å². The highest BCUT2D eigenvalue weighted by molar-refractivity contribution is 5.68. The molecule has 0 saturated carbocycles. The Labute approximate surface area is 79.0 Å². The Morgan fingerprint density at radius 2 is 2.15 bits per heavy atom. The zero-order chi connectivity index (χ0) is 10.1. The maximum Gasteiger partial charge on any atom is 0.407 e. The molecule has 0 unspecified atom stereocenters. The highest BCUT2D eigenvalue weighted by atomic mass is 16.6. The molecule has 2 atom stereocenters. The van der Waals surface area contributed by atoms with E-state index >= 15 is 0 Å². The SMILES string of the molecule is C[C@H]1NC[C@H]1NC(=O)OC(C)(C)C. The van der Waals surface area contributed by atoms with Gasteiger partial charge in [0.05, 0.1) is 6.04 Å². The number of nitrogens with one attached hydrogen (secondary N) is 2. The van der Waals surface area contributed by atoms with Crippen molar-refractivity contribution in [2.24, 2.45) is 0 Å². The first-order valence-corrected chi connectivity index (χ1v) is 4.61. The molecule has 1 heterocycles. The highest BCUT2D eigenvalue weighted by Crippen LogP contribution is 2.08. The number of hydrogen-bond donors (Lipinski definition) is 2. The molecule has 13 heavy (non-hydrogen) atoms. The summed E-state index contributed by atoms with van der Waals surface area (Å²) >= 11 is 0. The molecule has 0 spiro atoms. The summed E-state index contributed by atoms with van der Waals surface area (Å²) < 4.78 is 5.11. The summed E-state index contributed by atoms with van der Waals surface area (Å²) in [6.07, 6.45) is -0.328. The molecule has 1 aliphatic rings. The Bertz CT molecular complexity index is 198. The number of carbonyl (C=O) groups is 1. The van der Waals surface area contributed by atoms with Crippen molar-refractivity contribution in [3.63, 3.8) is 0 Å². The maximum atomic E-state index is 11.2. The van der Waals surface area contributed by atoms with E-state index < -0.39 is 5.60 Å². The first-order chi connectivity index (χ1) is 5.88. The van der Waals surface area contributed by atoms with Crippen molar-refractivity contribution in [2.75, 3.05) is 6.54 Å². The summed E-state index contributed by atoms with van der Waals surface area (Å²) in [4.78, 5) is 11.2. The van der Waals surface area contributed by atoms with E-state index in [0.717, 1.165) is 6.54 Å². The van der Waals surface area contributed by atoms with Gasteiger partial charge in [0.25, 0.3) is 0 Å². The van der Waals surface area contributed by atoms with Crippen LogP contribution in [-0.4, -0.2) is 30.3 Å². The molecule has 76 valence electrons. The van der Waals surface area contributed by atoms with Gasteiger partial charge in [0.15, 0.2) is 0 Å². The average molecular weight is 186 g/mol. The largest absolute Gasteiger partial charge is 0.444 e. The van der Waals surface area contributed by atoms with Crippen LogP contribution < -0.4 is 10.6 Å². The van der Waals surface area contributed by atoms with Crippen LogP contribution in [0.4, 0.5) is 4.79 Å². The molecule has 0 radical (unpaired) electrons. The molecular formula is C9H18N2O2. The second kappa shape index (κ2) is 3.54. The van der Waals surface area contributed by atoms with Crippen molar-refractivity contribution in [3.05, 3.63) is 0 Å². The summed E-state index contributed by atoms with van der Waals surface area (Å²) in [5.41, 5.74) is -0.412. The van der Waals surface area contributed by atoms with E-state index in [1.54, 1.807) is 0 Å². The molecule has 1 fully saturated rings. The predicted octanol–water partition coefficient (Wildman–Crippen LogP) is 0.871. The summed E-state index contributed by atoms with van der Waals surface area (Å²) in [6.45, 7) is 8.44. The second-order valence-corrected chi connectivity index (χ2v) is 4.45. The third-order valence-electron chi connectivity index (χ3n) is 1.97. The molecule has 0 aromatic rings. The molecule has 4 heteroatoms. The van der Waals surface area contributed by atoms with Crippen LogP contribution in [0, 0.1) is 0 Å². The van der Waals surface area contributed by atoms with Crippen LogP contribution in [0.3, 0.4) is 0 Å². The average Bonchev–Trinajstić information content (AvgIpc) is 1.94. The lowest BCUT2D eigenvalue weighted by atomic mass is 10.0. The van der Waals surface area contributed by atoms with Gasteiger partial charge in [-0.3, -0.25) is 0 Å². The van der Waals surface area contributed by atoms with Gasteiger partial charge in [-0.25, -0.2) is 4.79 Å². The van der Waals surface area contributed by atoms with Crippen molar-refractivity contribution in [1.29, 1.82) is 0 Å². The van der Waals surface area contributed by atoms with Gasteiger partial charge < -0.3 is 15.4 Å². The van der Waals surface area contributed by atoms with Crippen LogP contribution >= 0.6 is 0 Å². The minimum Gasteiger partial charge on any atom is -0.444 e. The zero-order valence-corrected chi connectivity index (χ0v) is 8.68. The normalized spacial score (nSPS) is 27.7. The molecule has 0 bridgehead atoms. The van der Waals surface area contributed by atoms with Crippen LogP contribution in [-0.2, 0) is 4.74 Å². The zero-order valence-electron chi connectivity index (χ0n) is 8.68. The molecule has 1 saturated heterocycles. The Kier molecular flexibility index (Phi) is 2.81. The molecule has 0 aliphatic carbocycles. The fourth-order valence-electron chi connectivity index (χ4n) is 1.11. The van der Waals surface area contributed by atoms with Crippen molar-refractivity contribution in [3.8, 4) is 0 Å². The number of rotatable bonds is 1. The van der Waals surface area contributed by atoms with Gasteiger partial charge >= 0.3 is 6.09 Å². The Balaban J connectivity index is 2.25. The third-order valence-corrected chi connectivity index (χ3v) is 1.97. The first-order valence-electron chi connectivity index (χ1n) is 4.61. The van der Waals surface area contributed by atoms with E-state index in [-0.39, 0.29) is 12.1 Å². The topological polar surface area (TPSA) is 50.4 Å². The van der Waals surface area contributed by atoms with Crippen molar-refractivity contribution < 1.29 is 9.53 Å². The van der Waals surface area contributed by atoms with E-state index in [4.69, 9.17) is 4.74 Å². The third kappa shape index (κ3) is 3.22. The second-order valence-electron chi connectivity index (χ2n) is 4.45. The van der Waals surface area contributed by atoms with E-state index in [2.05, 4.69) is 10.6 Å². The molecule has 0 aromatic carbocycles. The van der Waals surface area contributed by atoms with Crippen molar-refractivity contribution in [2.45, 2.75) is 45.4 Å². The summed E-state index contributed by atoms with van der Waals surface area (Å²) in [5, 5.41) is 5.96. The smallest absolute Gasteiger partial charge is 0.407 e. The standard InChI is InChI=1S/C9H18N2O2/c1-6-7(5-10-6)11-8(12)13-9(2,3)4/h6-7,10H,5H2,1-4H3,(H,11,12)/t6-,7-/m1/s1. The van der Waals surface area contributed by atoms with E-state index in [1.807, 2.05) is 27.7 Å². The lowest BCUT2D eigenvalue weighted by molar-refractivity contribution is 0.0468. The van der Waals surface area contributed by atoms with Crippen LogP contribution in [0.2, 0.25) is 0 Å². The Morgan fingerprint density at radius 3 is 2.46 bits per heavy atom. The van der Waals surface area contributed by atoms with Gasteiger partial charge in [-0.2, -0.15) is 0 Å². The van der Waals surface area contributed by atoms with Crippen molar-refractivity contribution >= 4 is 6.09 Å². The van der Waals surface area contributed by atoms with Gasteiger partial charge in [-0.15, -0.1) is 0 Å². The maximum absolute atomic E-state index is 11.2. The molecule has 2 N–H and O–H groups in total. The van der Waals surface area contributed by atoms with Crippen LogP contribution in [0.5, 0.6) is 0 Å². The quantitative estimate of drug-likeness (QED) is 0.639. The van der Waals surface area contributed by atoms with Crippen LogP contribution in [0.1, 0.15) is 27.7 Å². The Hall–Kier alpha value is -0.770. The summed E-state index contributed by atoms with van der Waals surface area (Å²) in [5.74, 6) is 0. The fraction of sp³-hybridized carbons (Fsp3) is 0.889. The van der Waals surface area contributed by atoms with E-state index in [0.29, 0.717) is 6.04 Å². The monoisotopic (exact) mass is 186 g/mol. The molecule has 0 aromatic heterocycles. The van der Waals surface area contributed by atoms with E-state index in [9.17, 15) is 4.79 Å². The van der Waals surface area contributed by atoms with Crippen LogP contribution in [0.15, 0.2) is 0 Å². The molecule has 1 rings (SSSR count). The predicted molar refractivity (Wildman–Crippen MR) is 50.6 cm³/mol. The number of ether oxygens (including phenoxy) is 1. The number of amides is 1. The van der Waals surface area contributed by atoms with Gasteiger partial charge in [0.1, 0.15) is 5.60 Å². The van der Waals surface area contributed by atoms with Crippen LogP contribution in [0.25, 0.3) is 0 Å². The number of carbonyl (C=O) groups excluding carboxylic acids is 1. The molecule has 1 amide bonds. The van der Waals surface area contributed by atoms with Crippen molar-refractivity contribution in [1.82, 2.24) is 10.6 Å². The van der Waals surface area contributed by atoms with E-state index in [1.165, 1.54) is 0 Å². The molecule has 4 nitrogen and oxygen atoms in total. The fourth-order valence-corrected chi connectivity index (χ4v) is 1.11.